The van der Waals surface area contributed by atoms with Crippen molar-refractivity contribution in [3.05, 3.63) is 41.6 Å². The number of carbonyl (C=O) groups is 1. The number of anilines is 1. The fraction of sp³-hybridized carbons (Fsp3) is 0.316. The van der Waals surface area contributed by atoms with E-state index in [1.165, 1.54) is 0 Å². The zero-order valence-corrected chi connectivity index (χ0v) is 15.3. The number of carbonyl (C=O) groups excluding carboxylic acids is 1. The highest BCUT2D eigenvalue weighted by atomic mass is 16.2. The molecule has 0 saturated heterocycles. The summed E-state index contributed by atoms with van der Waals surface area (Å²) in [4.78, 5) is 24.0. The number of hydrogen-bond donors (Lipinski definition) is 4. The maximum absolute atomic E-state index is 11.2. The summed E-state index contributed by atoms with van der Waals surface area (Å²) < 4.78 is 0. The van der Waals surface area contributed by atoms with Crippen LogP contribution in [0.15, 0.2) is 30.3 Å². The quantitative estimate of drug-likeness (QED) is 0.511. The third-order valence-electron chi connectivity index (χ3n) is 4.34. The molecule has 2 aromatic heterocycles. The van der Waals surface area contributed by atoms with Gasteiger partial charge in [0.1, 0.15) is 11.5 Å². The van der Waals surface area contributed by atoms with Gasteiger partial charge in [0.15, 0.2) is 5.82 Å². The monoisotopic (exact) mass is 354 g/mol. The minimum absolute atomic E-state index is 0. The van der Waals surface area contributed by atoms with Crippen LogP contribution in [0.25, 0.3) is 22.4 Å². The normalized spacial score (nSPS) is 10.7. The van der Waals surface area contributed by atoms with Crippen LogP contribution in [0, 0.1) is 13.8 Å². The number of benzene rings is 1. The van der Waals surface area contributed by atoms with Crippen molar-refractivity contribution in [2.45, 2.75) is 20.3 Å². The molecule has 0 bridgehead atoms. The predicted molar refractivity (Wildman–Crippen MR) is 106 cm³/mol. The van der Waals surface area contributed by atoms with E-state index >= 15 is 0 Å². The number of hydrogen-bond acceptors (Lipinski definition) is 4. The lowest BCUT2D eigenvalue weighted by atomic mass is 10.2. The summed E-state index contributed by atoms with van der Waals surface area (Å²) in [6.07, 6.45) is 0.794. The molecule has 0 aliphatic rings. The molecule has 0 unspecified atom stereocenters. The van der Waals surface area contributed by atoms with E-state index in [0.29, 0.717) is 18.9 Å². The van der Waals surface area contributed by atoms with Crippen molar-refractivity contribution in [3.63, 3.8) is 0 Å². The van der Waals surface area contributed by atoms with Crippen molar-refractivity contribution in [2.75, 3.05) is 25.5 Å². The second-order valence-electron chi connectivity index (χ2n) is 6.15. The molecule has 2 amide bonds. The number of aryl methyl sites for hydroxylation is 2. The van der Waals surface area contributed by atoms with Crippen LogP contribution < -0.4 is 16.0 Å². The van der Waals surface area contributed by atoms with E-state index in [9.17, 15) is 4.79 Å². The summed E-state index contributed by atoms with van der Waals surface area (Å²) in [6, 6.07) is 9.76. The van der Waals surface area contributed by atoms with Crippen molar-refractivity contribution < 1.29 is 6.22 Å². The van der Waals surface area contributed by atoms with E-state index in [2.05, 4.69) is 27.9 Å². The van der Waals surface area contributed by atoms with Gasteiger partial charge >= 0.3 is 6.03 Å². The van der Waals surface area contributed by atoms with Crippen LogP contribution >= 0.6 is 0 Å². The van der Waals surface area contributed by atoms with Gasteiger partial charge in [0.25, 0.3) is 0 Å². The highest BCUT2D eigenvalue weighted by Gasteiger charge is 2.14. The molecular weight excluding hydrogens is 328 g/mol. The average Bonchev–Trinajstić information content (AvgIpc) is 2.95. The molecule has 0 fully saturated rings. The highest BCUT2D eigenvalue weighted by molar-refractivity contribution is 5.92. The minimum atomic E-state index is -0.169. The molecular formula is C19H26N6O. The Balaban J connectivity index is 0.00000261. The summed E-state index contributed by atoms with van der Waals surface area (Å²) in [5.74, 6) is 1.50. The van der Waals surface area contributed by atoms with Crippen LogP contribution in [-0.4, -0.2) is 41.1 Å². The number of H-pyrrole nitrogens is 1. The van der Waals surface area contributed by atoms with Gasteiger partial charge in [0, 0.05) is 32.8 Å². The van der Waals surface area contributed by atoms with Gasteiger partial charge < -0.3 is 20.9 Å². The van der Waals surface area contributed by atoms with Crippen molar-refractivity contribution in [1.29, 1.82) is 0 Å². The van der Waals surface area contributed by atoms with Gasteiger partial charge in [-0.1, -0.05) is 30.3 Å². The number of nitrogens with one attached hydrogen (secondary N) is 4. The smallest absolute Gasteiger partial charge is 0.314 e. The van der Waals surface area contributed by atoms with Crippen LogP contribution in [0.5, 0.6) is 0 Å². The second-order valence-corrected chi connectivity index (χ2v) is 6.15. The van der Waals surface area contributed by atoms with Crippen molar-refractivity contribution in [1.82, 2.24) is 25.6 Å². The third kappa shape index (κ3) is 3.77. The zero-order chi connectivity index (χ0) is 18.5. The summed E-state index contributed by atoms with van der Waals surface area (Å²) >= 11 is 0. The summed E-state index contributed by atoms with van der Waals surface area (Å²) in [6.45, 7) is 5.40. The lowest BCUT2D eigenvalue weighted by molar-refractivity contribution is 0.243. The molecule has 1 aromatic carbocycles. The predicted octanol–water partition coefficient (Wildman–Crippen LogP) is 3.22. The Morgan fingerprint density at radius 2 is 1.92 bits per heavy atom. The van der Waals surface area contributed by atoms with Crippen molar-refractivity contribution in [2.24, 2.45) is 0 Å². The number of nitrogens with zero attached hydrogens (tertiary/aromatic N) is 2. The molecule has 7 heteroatoms. The first-order valence-corrected chi connectivity index (χ1v) is 8.72. The number of fused-ring (bicyclic) bond motifs is 1. The molecule has 7 nitrogen and oxygen atoms in total. The zero-order valence-electron chi connectivity index (χ0n) is 15.3. The number of rotatable bonds is 6. The summed E-state index contributed by atoms with van der Waals surface area (Å²) in [5.41, 5.74) is 4.04. The summed E-state index contributed by atoms with van der Waals surface area (Å²) in [5, 5.41) is 9.73. The number of urea groups is 1. The largest absolute Gasteiger partial charge is 0.369 e. The molecule has 0 atom stereocenters. The lowest BCUT2D eigenvalue weighted by Crippen LogP contribution is -2.33. The van der Waals surface area contributed by atoms with Crippen LogP contribution in [-0.2, 0) is 0 Å². The van der Waals surface area contributed by atoms with Gasteiger partial charge in [-0.05, 0) is 25.8 Å². The SMILES string of the molecule is CNC(=O)NCCCNc1nc(-c2ccccc2)nc2[nH]c(C)c(C)c12.[HH]. The lowest BCUT2D eigenvalue weighted by Gasteiger charge is -2.10. The summed E-state index contributed by atoms with van der Waals surface area (Å²) in [7, 11) is 1.60. The topological polar surface area (TPSA) is 94.7 Å². The number of aromatic nitrogens is 3. The van der Waals surface area contributed by atoms with Gasteiger partial charge in [-0.25, -0.2) is 14.8 Å². The molecule has 0 aliphatic heterocycles. The van der Waals surface area contributed by atoms with E-state index in [4.69, 9.17) is 9.97 Å². The maximum Gasteiger partial charge on any atom is 0.314 e. The fourth-order valence-corrected chi connectivity index (χ4v) is 2.79. The molecule has 4 N–H and O–H groups in total. The van der Waals surface area contributed by atoms with Crippen molar-refractivity contribution in [3.8, 4) is 11.4 Å². The number of aromatic amines is 1. The van der Waals surface area contributed by atoms with Crippen LogP contribution in [0.3, 0.4) is 0 Å². The third-order valence-corrected chi connectivity index (χ3v) is 4.34. The minimum Gasteiger partial charge on any atom is -0.369 e. The van der Waals surface area contributed by atoms with E-state index in [-0.39, 0.29) is 7.46 Å². The van der Waals surface area contributed by atoms with E-state index in [1.807, 2.05) is 37.3 Å². The first kappa shape index (κ1) is 17.7. The van der Waals surface area contributed by atoms with Gasteiger partial charge in [-0.3, -0.25) is 0 Å². The average molecular weight is 354 g/mol. The Labute approximate surface area is 154 Å². The van der Waals surface area contributed by atoms with E-state index < -0.39 is 0 Å². The molecule has 3 aromatic rings. The molecule has 0 aliphatic carbocycles. The molecule has 3 rings (SSSR count). The molecule has 0 spiro atoms. The van der Waals surface area contributed by atoms with Gasteiger partial charge in [-0.15, -0.1) is 0 Å². The first-order chi connectivity index (χ1) is 12.6. The van der Waals surface area contributed by atoms with Gasteiger partial charge in [0.05, 0.1) is 5.39 Å². The van der Waals surface area contributed by atoms with Crippen LogP contribution in [0.2, 0.25) is 0 Å². The van der Waals surface area contributed by atoms with Crippen LogP contribution in [0.1, 0.15) is 19.1 Å². The molecule has 0 radical (unpaired) electrons. The molecule has 26 heavy (non-hydrogen) atoms. The number of amides is 2. The van der Waals surface area contributed by atoms with Gasteiger partial charge in [0.2, 0.25) is 0 Å². The Hall–Kier alpha value is -3.09. The Kier molecular flexibility index (Phi) is 5.36. The Morgan fingerprint density at radius 3 is 2.65 bits per heavy atom. The fourth-order valence-electron chi connectivity index (χ4n) is 2.79. The standard InChI is InChI=1S/C19H24N6O.H2/c1-12-13(2)23-18-15(12)17(21-10-7-11-22-19(26)20-3)24-16(25-18)14-8-5-4-6-9-14;/h4-6,8-9H,7,10-11H2,1-3H3,(H2,20,22,26)(H2,21,23,24,25);1H. The molecule has 2 heterocycles. The Bertz CT molecular complexity index is 909. The van der Waals surface area contributed by atoms with E-state index in [1.54, 1.807) is 7.05 Å². The van der Waals surface area contributed by atoms with E-state index in [0.717, 1.165) is 40.1 Å². The van der Waals surface area contributed by atoms with Gasteiger partial charge in [-0.2, -0.15) is 0 Å². The van der Waals surface area contributed by atoms with Crippen molar-refractivity contribution >= 4 is 22.9 Å². The molecule has 0 saturated carbocycles. The first-order valence-electron chi connectivity index (χ1n) is 8.72. The second kappa shape index (κ2) is 7.86. The maximum atomic E-state index is 11.2. The van der Waals surface area contributed by atoms with Crippen LogP contribution in [0.4, 0.5) is 10.6 Å². The Morgan fingerprint density at radius 1 is 1.15 bits per heavy atom. The highest BCUT2D eigenvalue weighted by Crippen LogP contribution is 2.29. The molecule has 138 valence electrons.